The lowest BCUT2D eigenvalue weighted by atomic mass is 9.92. The van der Waals surface area contributed by atoms with Crippen LogP contribution in [0.3, 0.4) is 0 Å². The maximum absolute atomic E-state index is 12.4. The molecule has 2 heterocycles. The molecule has 0 aromatic carbocycles. The van der Waals surface area contributed by atoms with Crippen molar-refractivity contribution in [3.63, 3.8) is 0 Å². The molecule has 0 atom stereocenters. The Kier molecular flexibility index (Phi) is 3.43. The first-order chi connectivity index (χ1) is 8.39. The molecule has 5 heteroatoms. The molecule has 0 aliphatic carbocycles. The number of hydrogen-bond donors (Lipinski definition) is 1. The fourth-order valence-electron chi connectivity index (χ4n) is 2.06. The van der Waals surface area contributed by atoms with Gasteiger partial charge in [0.15, 0.2) is 0 Å². The zero-order valence-electron chi connectivity index (χ0n) is 11.7. The minimum Gasteiger partial charge on any atom is -0.335 e. The maximum atomic E-state index is 12.4. The van der Waals surface area contributed by atoms with Crippen LogP contribution in [0.4, 0.5) is 0 Å². The average molecular weight is 250 g/mol. The Labute approximate surface area is 108 Å². The monoisotopic (exact) mass is 250 g/mol. The van der Waals surface area contributed by atoms with Gasteiger partial charge in [-0.05, 0) is 6.07 Å². The highest BCUT2D eigenvalue weighted by molar-refractivity contribution is 5.92. The van der Waals surface area contributed by atoms with Crippen LogP contribution in [0.5, 0.6) is 0 Å². The number of piperazine rings is 1. The number of aryl methyl sites for hydroxylation is 1. The third kappa shape index (κ3) is 2.56. The van der Waals surface area contributed by atoms with Gasteiger partial charge in [0.1, 0.15) is 5.69 Å². The second-order valence-corrected chi connectivity index (χ2v) is 5.83. The summed E-state index contributed by atoms with van der Waals surface area (Å²) < 4.78 is 1.70. The normalized spacial score (nSPS) is 17.0. The number of carbonyl (C=O) groups excluding carboxylic acids is 1. The molecule has 1 N–H and O–H groups in total. The fourth-order valence-corrected chi connectivity index (χ4v) is 2.06. The van der Waals surface area contributed by atoms with Gasteiger partial charge in [-0.3, -0.25) is 9.48 Å². The molecule has 1 aromatic rings. The first-order valence-electron chi connectivity index (χ1n) is 6.44. The Bertz CT molecular complexity index is 438. The third-order valence-electron chi connectivity index (χ3n) is 3.27. The van der Waals surface area contributed by atoms with E-state index < -0.39 is 0 Å². The van der Waals surface area contributed by atoms with Gasteiger partial charge in [-0.15, -0.1) is 0 Å². The van der Waals surface area contributed by atoms with Gasteiger partial charge in [0.2, 0.25) is 0 Å². The zero-order chi connectivity index (χ0) is 13.3. The minimum atomic E-state index is -0.0280. The van der Waals surface area contributed by atoms with E-state index in [0.29, 0.717) is 5.69 Å². The molecule has 1 fully saturated rings. The van der Waals surface area contributed by atoms with Crippen LogP contribution in [0.2, 0.25) is 0 Å². The summed E-state index contributed by atoms with van der Waals surface area (Å²) in [6.07, 6.45) is 0. The van der Waals surface area contributed by atoms with Crippen molar-refractivity contribution < 1.29 is 4.79 Å². The number of nitrogens with zero attached hydrogens (tertiary/aromatic N) is 3. The summed E-state index contributed by atoms with van der Waals surface area (Å²) in [5, 5.41) is 7.70. The van der Waals surface area contributed by atoms with E-state index in [9.17, 15) is 4.79 Å². The summed E-state index contributed by atoms with van der Waals surface area (Å²) in [5.41, 5.74) is 1.62. The molecule has 0 unspecified atom stereocenters. The first-order valence-corrected chi connectivity index (χ1v) is 6.44. The summed E-state index contributed by atoms with van der Waals surface area (Å²) in [5.74, 6) is 0.0852. The molecule has 1 aliphatic heterocycles. The van der Waals surface area contributed by atoms with Gasteiger partial charge in [-0.2, -0.15) is 5.10 Å². The van der Waals surface area contributed by atoms with E-state index >= 15 is 0 Å². The highest BCUT2D eigenvalue weighted by Gasteiger charge is 2.25. The number of carbonyl (C=O) groups is 1. The molecule has 0 saturated carbocycles. The van der Waals surface area contributed by atoms with Gasteiger partial charge in [0, 0.05) is 38.6 Å². The standard InChI is InChI=1S/C13H22N4O/c1-13(2,3)11-9-10(16(4)15-11)12(18)17-7-5-14-6-8-17/h9,14H,5-8H2,1-4H3. The van der Waals surface area contributed by atoms with E-state index in [2.05, 4.69) is 31.2 Å². The van der Waals surface area contributed by atoms with Gasteiger partial charge in [-0.25, -0.2) is 0 Å². The minimum absolute atomic E-state index is 0.0280. The molecule has 0 bridgehead atoms. The van der Waals surface area contributed by atoms with Crippen LogP contribution in [-0.4, -0.2) is 46.8 Å². The summed E-state index contributed by atoms with van der Waals surface area (Å²) in [6.45, 7) is 9.60. The highest BCUT2D eigenvalue weighted by atomic mass is 16.2. The Morgan fingerprint density at radius 2 is 1.94 bits per heavy atom. The van der Waals surface area contributed by atoms with Crippen molar-refractivity contribution in [3.8, 4) is 0 Å². The van der Waals surface area contributed by atoms with E-state index in [4.69, 9.17) is 0 Å². The van der Waals surface area contributed by atoms with Crippen molar-refractivity contribution in [2.45, 2.75) is 26.2 Å². The number of nitrogens with one attached hydrogen (secondary N) is 1. The molecule has 100 valence electrons. The fraction of sp³-hybridized carbons (Fsp3) is 0.692. The average Bonchev–Trinajstić information content (AvgIpc) is 2.71. The van der Waals surface area contributed by atoms with Crippen molar-refractivity contribution in [1.82, 2.24) is 20.0 Å². The Balaban J connectivity index is 2.22. The number of aromatic nitrogens is 2. The zero-order valence-corrected chi connectivity index (χ0v) is 11.7. The topological polar surface area (TPSA) is 50.2 Å². The number of hydrogen-bond acceptors (Lipinski definition) is 3. The van der Waals surface area contributed by atoms with Crippen LogP contribution in [0, 0.1) is 0 Å². The van der Waals surface area contributed by atoms with Gasteiger partial charge < -0.3 is 10.2 Å². The SMILES string of the molecule is Cn1nc(C(C)(C)C)cc1C(=O)N1CCNCC1. The predicted octanol–water partition coefficient (Wildman–Crippen LogP) is 0.763. The van der Waals surface area contributed by atoms with Crippen molar-refractivity contribution in [2.75, 3.05) is 26.2 Å². The Hall–Kier alpha value is -1.36. The van der Waals surface area contributed by atoms with Crippen molar-refractivity contribution in [3.05, 3.63) is 17.5 Å². The van der Waals surface area contributed by atoms with Crippen molar-refractivity contribution >= 4 is 5.91 Å². The van der Waals surface area contributed by atoms with E-state index in [-0.39, 0.29) is 11.3 Å². The molecular weight excluding hydrogens is 228 g/mol. The van der Waals surface area contributed by atoms with Gasteiger partial charge in [-0.1, -0.05) is 20.8 Å². The van der Waals surface area contributed by atoms with E-state index in [1.165, 1.54) is 0 Å². The van der Waals surface area contributed by atoms with Crippen molar-refractivity contribution in [1.29, 1.82) is 0 Å². The summed E-state index contributed by atoms with van der Waals surface area (Å²) >= 11 is 0. The highest BCUT2D eigenvalue weighted by Crippen LogP contribution is 2.21. The van der Waals surface area contributed by atoms with Crippen LogP contribution in [0.25, 0.3) is 0 Å². The molecule has 1 aromatic heterocycles. The molecule has 1 amide bonds. The van der Waals surface area contributed by atoms with Gasteiger partial charge in [0.25, 0.3) is 5.91 Å². The predicted molar refractivity (Wildman–Crippen MR) is 70.7 cm³/mol. The Morgan fingerprint density at radius 3 is 2.44 bits per heavy atom. The lowest BCUT2D eigenvalue weighted by Gasteiger charge is -2.27. The van der Waals surface area contributed by atoms with Gasteiger partial charge >= 0.3 is 0 Å². The lowest BCUT2D eigenvalue weighted by molar-refractivity contribution is 0.0724. The molecule has 0 spiro atoms. The molecule has 18 heavy (non-hydrogen) atoms. The molecule has 1 aliphatic rings. The summed E-state index contributed by atoms with van der Waals surface area (Å²) in [7, 11) is 1.84. The molecular formula is C13H22N4O. The Morgan fingerprint density at radius 1 is 1.33 bits per heavy atom. The van der Waals surface area contributed by atoms with E-state index in [1.807, 2.05) is 18.0 Å². The summed E-state index contributed by atoms with van der Waals surface area (Å²) in [6, 6.07) is 1.92. The second-order valence-electron chi connectivity index (χ2n) is 5.83. The molecule has 5 nitrogen and oxygen atoms in total. The van der Waals surface area contributed by atoms with Crippen LogP contribution >= 0.6 is 0 Å². The van der Waals surface area contributed by atoms with Crippen molar-refractivity contribution in [2.24, 2.45) is 7.05 Å². The van der Waals surface area contributed by atoms with Crippen LogP contribution < -0.4 is 5.32 Å². The molecule has 2 rings (SSSR count). The summed E-state index contributed by atoms with van der Waals surface area (Å²) in [4.78, 5) is 14.3. The number of amides is 1. The quantitative estimate of drug-likeness (QED) is 0.800. The largest absolute Gasteiger partial charge is 0.335 e. The maximum Gasteiger partial charge on any atom is 0.272 e. The lowest BCUT2D eigenvalue weighted by Crippen LogP contribution is -2.46. The smallest absolute Gasteiger partial charge is 0.272 e. The van der Waals surface area contributed by atoms with Crippen LogP contribution in [0.15, 0.2) is 6.07 Å². The number of rotatable bonds is 1. The van der Waals surface area contributed by atoms with Crippen LogP contribution in [0.1, 0.15) is 37.0 Å². The van der Waals surface area contributed by atoms with E-state index in [0.717, 1.165) is 31.9 Å². The van der Waals surface area contributed by atoms with Gasteiger partial charge in [0.05, 0.1) is 5.69 Å². The van der Waals surface area contributed by atoms with E-state index in [1.54, 1.807) is 4.68 Å². The molecule has 1 saturated heterocycles. The first kappa shape index (κ1) is 13.1. The molecule has 0 radical (unpaired) electrons. The van der Waals surface area contributed by atoms with Crippen LogP contribution in [-0.2, 0) is 12.5 Å². The second kappa shape index (κ2) is 4.72. The third-order valence-corrected chi connectivity index (χ3v) is 3.27.